The Labute approximate surface area is 281 Å². The first kappa shape index (κ1) is 34.8. The summed E-state index contributed by atoms with van der Waals surface area (Å²) in [5, 5.41) is 2.75. The zero-order chi connectivity index (χ0) is 35.3. The number of aromatic nitrogens is 1. The van der Waals surface area contributed by atoms with Gasteiger partial charge in [0, 0.05) is 25.9 Å². The number of anilines is 1. The Bertz CT molecular complexity index is 1890. The third kappa shape index (κ3) is 7.48. The fourth-order valence-electron chi connectivity index (χ4n) is 5.82. The molecule has 254 valence electrons. The smallest absolute Gasteiger partial charge is 0.416 e. The fraction of sp³-hybridized carbons (Fsp3) is 0.270. The van der Waals surface area contributed by atoms with Crippen LogP contribution in [0.15, 0.2) is 85.1 Å². The summed E-state index contributed by atoms with van der Waals surface area (Å²) in [6.07, 6.45) is -2.19. The SMILES string of the molecule is CCOC(=O)C1(COC(=O)Cc2ccc(NC(=O)c3ccccc3-c3ccc(C(F)(F)F)cc3)c(C(=O)N(C)C)c2)CCc2cccnc21. The number of carbonyl (C=O) groups is 4. The zero-order valence-corrected chi connectivity index (χ0v) is 27.1. The average Bonchev–Trinajstić information content (AvgIpc) is 3.47. The molecule has 0 bridgehead atoms. The van der Waals surface area contributed by atoms with Crippen LogP contribution in [0.1, 0.15) is 56.4 Å². The molecule has 5 rings (SSSR count). The van der Waals surface area contributed by atoms with Crippen LogP contribution >= 0.6 is 0 Å². The molecule has 9 nitrogen and oxygen atoms in total. The van der Waals surface area contributed by atoms with Crippen LogP contribution in [0.25, 0.3) is 11.1 Å². The van der Waals surface area contributed by atoms with Crippen molar-refractivity contribution < 1.29 is 41.8 Å². The first-order chi connectivity index (χ1) is 23.3. The third-order valence-corrected chi connectivity index (χ3v) is 8.32. The summed E-state index contributed by atoms with van der Waals surface area (Å²) in [5.74, 6) is -2.20. The number of fused-ring (bicyclic) bond motifs is 1. The van der Waals surface area contributed by atoms with Gasteiger partial charge >= 0.3 is 18.1 Å². The molecule has 1 aliphatic rings. The number of pyridine rings is 1. The molecule has 1 aromatic heterocycles. The van der Waals surface area contributed by atoms with Gasteiger partial charge in [-0.1, -0.05) is 42.5 Å². The van der Waals surface area contributed by atoms with Crippen molar-refractivity contribution in [1.82, 2.24) is 9.88 Å². The molecule has 2 amide bonds. The lowest BCUT2D eigenvalue weighted by molar-refractivity contribution is -0.157. The lowest BCUT2D eigenvalue weighted by Crippen LogP contribution is -2.41. The quantitative estimate of drug-likeness (QED) is 0.198. The Hall–Kier alpha value is -5.52. The molecule has 1 unspecified atom stereocenters. The minimum atomic E-state index is -4.50. The highest BCUT2D eigenvalue weighted by molar-refractivity contribution is 6.11. The maximum absolute atomic E-state index is 13.5. The summed E-state index contributed by atoms with van der Waals surface area (Å²) >= 11 is 0. The molecule has 0 aliphatic heterocycles. The van der Waals surface area contributed by atoms with Crippen molar-refractivity contribution in [3.63, 3.8) is 0 Å². The number of rotatable bonds is 10. The third-order valence-electron chi connectivity index (χ3n) is 8.32. The number of halogens is 3. The van der Waals surface area contributed by atoms with Gasteiger partial charge in [-0.25, -0.2) is 0 Å². The van der Waals surface area contributed by atoms with Crippen molar-refractivity contribution in [3.05, 3.63) is 119 Å². The molecule has 1 heterocycles. The summed E-state index contributed by atoms with van der Waals surface area (Å²) < 4.78 is 50.3. The highest BCUT2D eigenvalue weighted by atomic mass is 19.4. The molecular weight excluding hydrogens is 639 g/mol. The number of benzene rings is 3. The Morgan fingerprint density at radius 3 is 2.35 bits per heavy atom. The number of hydrogen-bond donors (Lipinski definition) is 1. The van der Waals surface area contributed by atoms with Crippen molar-refractivity contribution >= 4 is 29.4 Å². The summed E-state index contributed by atoms with van der Waals surface area (Å²) in [6.45, 7) is 1.59. The van der Waals surface area contributed by atoms with Gasteiger partial charge in [0.25, 0.3) is 11.8 Å². The number of alkyl halides is 3. The molecule has 0 saturated heterocycles. The Kier molecular flexibility index (Phi) is 10.2. The molecule has 0 radical (unpaired) electrons. The van der Waals surface area contributed by atoms with Gasteiger partial charge in [0.15, 0.2) is 0 Å². The van der Waals surface area contributed by atoms with Gasteiger partial charge in [0.1, 0.15) is 12.0 Å². The molecule has 1 atom stereocenters. The number of esters is 2. The molecular formula is C37H34F3N3O6. The first-order valence-electron chi connectivity index (χ1n) is 15.5. The highest BCUT2D eigenvalue weighted by Gasteiger charge is 2.49. The normalized spacial score (nSPS) is 15.2. The average molecular weight is 674 g/mol. The monoisotopic (exact) mass is 673 g/mol. The predicted molar refractivity (Wildman–Crippen MR) is 175 cm³/mol. The van der Waals surface area contributed by atoms with Crippen molar-refractivity contribution in [3.8, 4) is 11.1 Å². The van der Waals surface area contributed by atoms with E-state index in [1.807, 2.05) is 6.07 Å². The summed E-state index contributed by atoms with van der Waals surface area (Å²) in [7, 11) is 3.08. The van der Waals surface area contributed by atoms with E-state index in [0.29, 0.717) is 35.2 Å². The minimum Gasteiger partial charge on any atom is -0.465 e. The second kappa shape index (κ2) is 14.3. The lowest BCUT2D eigenvalue weighted by Gasteiger charge is -2.26. The Morgan fingerprint density at radius 1 is 0.918 bits per heavy atom. The van der Waals surface area contributed by atoms with Crippen LogP contribution in [-0.2, 0) is 43.5 Å². The number of aryl methyl sites for hydroxylation is 1. The molecule has 49 heavy (non-hydrogen) atoms. The van der Waals surface area contributed by atoms with Crippen molar-refractivity contribution in [2.45, 2.75) is 37.8 Å². The number of hydrogen-bond acceptors (Lipinski definition) is 7. The lowest BCUT2D eigenvalue weighted by atomic mass is 9.86. The van der Waals surface area contributed by atoms with E-state index in [9.17, 15) is 32.3 Å². The highest BCUT2D eigenvalue weighted by Crippen LogP contribution is 2.39. The maximum Gasteiger partial charge on any atom is 0.416 e. The molecule has 0 fully saturated rings. The number of carbonyl (C=O) groups excluding carboxylic acids is 4. The second-order valence-electron chi connectivity index (χ2n) is 11.8. The van der Waals surface area contributed by atoms with Crippen LogP contribution in [0.3, 0.4) is 0 Å². The van der Waals surface area contributed by atoms with Gasteiger partial charge in [0.2, 0.25) is 0 Å². The van der Waals surface area contributed by atoms with Crippen molar-refractivity contribution in [1.29, 1.82) is 0 Å². The predicted octanol–water partition coefficient (Wildman–Crippen LogP) is 6.25. The van der Waals surface area contributed by atoms with Crippen LogP contribution < -0.4 is 5.32 Å². The van der Waals surface area contributed by atoms with E-state index in [1.54, 1.807) is 43.5 Å². The largest absolute Gasteiger partial charge is 0.465 e. The van der Waals surface area contributed by atoms with Gasteiger partial charge in [-0.15, -0.1) is 0 Å². The zero-order valence-electron chi connectivity index (χ0n) is 27.1. The van der Waals surface area contributed by atoms with E-state index in [1.165, 1.54) is 49.3 Å². The van der Waals surface area contributed by atoms with E-state index < -0.39 is 40.9 Å². The second-order valence-corrected chi connectivity index (χ2v) is 11.8. The van der Waals surface area contributed by atoms with Crippen LogP contribution in [-0.4, -0.2) is 60.9 Å². The molecule has 0 spiro atoms. The number of nitrogens with one attached hydrogen (secondary N) is 1. The molecule has 0 saturated carbocycles. The molecule has 3 aromatic carbocycles. The number of nitrogens with zero attached hydrogens (tertiary/aromatic N) is 2. The Balaban J connectivity index is 1.35. The first-order valence-corrected chi connectivity index (χ1v) is 15.5. The van der Waals surface area contributed by atoms with Crippen LogP contribution in [0.4, 0.5) is 18.9 Å². The van der Waals surface area contributed by atoms with Gasteiger partial charge < -0.3 is 19.7 Å². The molecule has 4 aromatic rings. The summed E-state index contributed by atoms with van der Waals surface area (Å²) in [4.78, 5) is 58.7. The fourth-order valence-corrected chi connectivity index (χ4v) is 5.82. The standard InChI is InChI=1S/C37H34F3N3O6/c1-4-48-35(47)36(18-17-25-8-7-19-41-32(25)36)22-49-31(44)21-23-11-16-30(29(20-23)34(46)43(2)3)42-33(45)28-10-6-5-9-27(28)24-12-14-26(15-13-24)37(38,39)40/h5-16,19-20H,4,17-18,21-22H2,1-3H3,(H,42,45). The summed E-state index contributed by atoms with van der Waals surface area (Å²) in [6, 6.07) is 19.1. The van der Waals surface area contributed by atoms with E-state index in [4.69, 9.17) is 9.47 Å². The number of amides is 2. The number of ether oxygens (including phenoxy) is 2. The minimum absolute atomic E-state index is 0.104. The molecule has 12 heteroatoms. The Morgan fingerprint density at radius 2 is 1.65 bits per heavy atom. The van der Waals surface area contributed by atoms with Crippen LogP contribution in [0, 0.1) is 0 Å². The van der Waals surface area contributed by atoms with E-state index >= 15 is 0 Å². The van der Waals surface area contributed by atoms with Crippen LogP contribution in [0.5, 0.6) is 0 Å². The van der Waals surface area contributed by atoms with Gasteiger partial charge in [-0.3, -0.25) is 24.2 Å². The van der Waals surface area contributed by atoms with Crippen molar-refractivity contribution in [2.75, 3.05) is 32.6 Å². The van der Waals surface area contributed by atoms with Crippen LogP contribution in [0.2, 0.25) is 0 Å². The molecule has 1 aliphatic carbocycles. The molecule has 1 N–H and O–H groups in total. The topological polar surface area (TPSA) is 115 Å². The summed E-state index contributed by atoms with van der Waals surface area (Å²) in [5.41, 5.74) is 1.05. The maximum atomic E-state index is 13.5. The van der Waals surface area contributed by atoms with E-state index in [-0.39, 0.29) is 36.4 Å². The van der Waals surface area contributed by atoms with Crippen molar-refractivity contribution in [2.24, 2.45) is 0 Å². The van der Waals surface area contributed by atoms with E-state index in [0.717, 1.165) is 17.7 Å². The van der Waals surface area contributed by atoms with Gasteiger partial charge in [0.05, 0.1) is 35.5 Å². The van der Waals surface area contributed by atoms with Gasteiger partial charge in [-0.05, 0) is 78.4 Å². The van der Waals surface area contributed by atoms with Gasteiger partial charge in [-0.2, -0.15) is 13.2 Å². The van der Waals surface area contributed by atoms with E-state index in [2.05, 4.69) is 10.3 Å².